The van der Waals surface area contributed by atoms with Crippen LogP contribution in [0.25, 0.3) is 0 Å². The highest BCUT2D eigenvalue weighted by atomic mass is 79.9. The van der Waals surface area contributed by atoms with Gasteiger partial charge < -0.3 is 19.9 Å². The smallest absolute Gasteiger partial charge is 0.255 e. The Kier molecular flexibility index (Phi) is 6.70. The first-order chi connectivity index (χ1) is 8.65. The number of halogens is 1. The van der Waals surface area contributed by atoms with Gasteiger partial charge in [0.2, 0.25) is 0 Å². The molecule has 1 aromatic carbocycles. The minimum atomic E-state index is -0.324. The van der Waals surface area contributed by atoms with Gasteiger partial charge in [-0.05, 0) is 18.2 Å². The Labute approximate surface area is 114 Å². The van der Waals surface area contributed by atoms with Crippen molar-refractivity contribution in [2.45, 2.75) is 0 Å². The van der Waals surface area contributed by atoms with E-state index in [0.29, 0.717) is 26.4 Å². The topological polar surface area (TPSA) is 67.8 Å². The van der Waals surface area contributed by atoms with Crippen molar-refractivity contribution >= 4 is 21.8 Å². The molecule has 0 radical (unpaired) electrons. The Morgan fingerprint density at radius 3 is 2.83 bits per heavy atom. The summed E-state index contributed by atoms with van der Waals surface area (Å²) in [5, 5.41) is 12.3. The Morgan fingerprint density at radius 2 is 2.17 bits per heavy atom. The molecule has 5 nitrogen and oxygen atoms in total. The molecule has 0 bridgehead atoms. The number of nitrogens with one attached hydrogen (secondary N) is 1. The van der Waals surface area contributed by atoms with Crippen LogP contribution in [-0.2, 0) is 9.47 Å². The van der Waals surface area contributed by atoms with Gasteiger partial charge in [-0.15, -0.1) is 0 Å². The molecule has 2 N–H and O–H groups in total. The van der Waals surface area contributed by atoms with Gasteiger partial charge in [0, 0.05) is 18.1 Å². The van der Waals surface area contributed by atoms with Crippen molar-refractivity contribution in [3.05, 3.63) is 28.2 Å². The molecule has 1 rings (SSSR count). The number of carbonyl (C=O) groups excluding carboxylic acids is 1. The fraction of sp³-hybridized carbons (Fsp3) is 0.417. The quantitative estimate of drug-likeness (QED) is 0.749. The molecule has 1 aromatic rings. The summed E-state index contributed by atoms with van der Waals surface area (Å²) < 4.78 is 10.7. The monoisotopic (exact) mass is 317 g/mol. The maximum Gasteiger partial charge on any atom is 0.255 e. The molecule has 0 aliphatic carbocycles. The van der Waals surface area contributed by atoms with Gasteiger partial charge in [-0.3, -0.25) is 4.79 Å². The van der Waals surface area contributed by atoms with Crippen molar-refractivity contribution in [2.24, 2.45) is 0 Å². The SMILES string of the molecule is COCCOCCNC(=O)c1ccc(Br)cc1O. The third kappa shape index (κ3) is 5.03. The second kappa shape index (κ2) is 8.07. The lowest BCUT2D eigenvalue weighted by atomic mass is 10.2. The number of aromatic hydroxyl groups is 1. The van der Waals surface area contributed by atoms with Crippen molar-refractivity contribution in [2.75, 3.05) is 33.5 Å². The van der Waals surface area contributed by atoms with E-state index in [1.807, 2.05) is 0 Å². The zero-order valence-electron chi connectivity index (χ0n) is 10.1. The van der Waals surface area contributed by atoms with E-state index in [1.165, 1.54) is 6.07 Å². The van der Waals surface area contributed by atoms with Crippen LogP contribution in [-0.4, -0.2) is 44.5 Å². The van der Waals surface area contributed by atoms with E-state index in [9.17, 15) is 9.90 Å². The van der Waals surface area contributed by atoms with Crippen LogP contribution >= 0.6 is 15.9 Å². The fourth-order valence-corrected chi connectivity index (χ4v) is 1.62. The fourth-order valence-electron chi connectivity index (χ4n) is 1.27. The molecule has 18 heavy (non-hydrogen) atoms. The summed E-state index contributed by atoms with van der Waals surface area (Å²) in [5.41, 5.74) is 0.245. The molecule has 0 aliphatic heterocycles. The molecule has 1 amide bonds. The lowest BCUT2D eigenvalue weighted by Gasteiger charge is -2.07. The molecule has 0 unspecified atom stereocenters. The Bertz CT molecular complexity index is 398. The van der Waals surface area contributed by atoms with E-state index < -0.39 is 0 Å². The van der Waals surface area contributed by atoms with Crippen LogP contribution in [0.2, 0.25) is 0 Å². The summed E-state index contributed by atoms with van der Waals surface area (Å²) in [6, 6.07) is 4.73. The number of phenolic OH excluding ortho intramolecular Hbond substituents is 1. The number of phenols is 1. The van der Waals surface area contributed by atoms with Gasteiger partial charge in [0.15, 0.2) is 0 Å². The Balaban J connectivity index is 2.32. The zero-order valence-corrected chi connectivity index (χ0v) is 11.7. The summed E-state index contributed by atoms with van der Waals surface area (Å²) in [5.74, 6) is -0.377. The van der Waals surface area contributed by atoms with Crippen molar-refractivity contribution in [1.29, 1.82) is 0 Å². The van der Waals surface area contributed by atoms with Crippen molar-refractivity contribution < 1.29 is 19.4 Å². The molecule has 0 aliphatic rings. The molecular formula is C12H16BrNO4. The van der Waals surface area contributed by atoms with E-state index in [2.05, 4.69) is 21.2 Å². The predicted molar refractivity (Wildman–Crippen MR) is 70.8 cm³/mol. The van der Waals surface area contributed by atoms with Gasteiger partial charge in [0.05, 0.1) is 25.4 Å². The van der Waals surface area contributed by atoms with Crippen LogP contribution < -0.4 is 5.32 Å². The maximum atomic E-state index is 11.7. The number of benzene rings is 1. The second-order valence-corrected chi connectivity index (χ2v) is 4.44. The predicted octanol–water partition coefficient (Wildman–Crippen LogP) is 1.55. The molecule has 0 aromatic heterocycles. The lowest BCUT2D eigenvalue weighted by Crippen LogP contribution is -2.27. The van der Waals surface area contributed by atoms with Crippen LogP contribution in [0.1, 0.15) is 10.4 Å². The highest BCUT2D eigenvalue weighted by Gasteiger charge is 2.10. The number of hydrogen-bond donors (Lipinski definition) is 2. The summed E-state index contributed by atoms with van der Waals surface area (Å²) in [6.45, 7) is 1.82. The van der Waals surface area contributed by atoms with E-state index in [0.717, 1.165) is 4.47 Å². The number of hydrogen-bond acceptors (Lipinski definition) is 4. The van der Waals surface area contributed by atoms with Crippen LogP contribution in [0, 0.1) is 0 Å². The molecule has 100 valence electrons. The Hall–Kier alpha value is -1.11. The first-order valence-electron chi connectivity index (χ1n) is 5.48. The molecule has 0 spiro atoms. The minimum absolute atomic E-state index is 0.0535. The lowest BCUT2D eigenvalue weighted by molar-refractivity contribution is 0.0692. The summed E-state index contributed by atoms with van der Waals surface area (Å²) in [4.78, 5) is 11.7. The molecule has 6 heteroatoms. The third-order valence-corrected chi connectivity index (χ3v) is 2.66. The summed E-state index contributed by atoms with van der Waals surface area (Å²) in [6.07, 6.45) is 0. The molecule has 0 fully saturated rings. The summed E-state index contributed by atoms with van der Waals surface area (Å²) in [7, 11) is 1.60. The van der Waals surface area contributed by atoms with Gasteiger partial charge >= 0.3 is 0 Å². The maximum absolute atomic E-state index is 11.7. The van der Waals surface area contributed by atoms with Crippen molar-refractivity contribution in [3.63, 3.8) is 0 Å². The van der Waals surface area contributed by atoms with E-state index >= 15 is 0 Å². The summed E-state index contributed by atoms with van der Waals surface area (Å²) >= 11 is 3.21. The largest absolute Gasteiger partial charge is 0.507 e. The van der Waals surface area contributed by atoms with Crippen LogP contribution in [0.5, 0.6) is 5.75 Å². The average Bonchev–Trinajstić information content (AvgIpc) is 2.33. The van der Waals surface area contributed by atoms with Crippen LogP contribution in [0.15, 0.2) is 22.7 Å². The van der Waals surface area contributed by atoms with Crippen LogP contribution in [0.4, 0.5) is 0 Å². The van der Waals surface area contributed by atoms with E-state index in [-0.39, 0.29) is 17.2 Å². The first kappa shape index (κ1) is 14.9. The minimum Gasteiger partial charge on any atom is -0.507 e. The Morgan fingerprint density at radius 1 is 1.39 bits per heavy atom. The van der Waals surface area contributed by atoms with Gasteiger partial charge in [-0.2, -0.15) is 0 Å². The number of carbonyl (C=O) groups is 1. The van der Waals surface area contributed by atoms with Gasteiger partial charge in [-0.1, -0.05) is 15.9 Å². The van der Waals surface area contributed by atoms with Crippen molar-refractivity contribution in [1.82, 2.24) is 5.32 Å². The molecule has 0 saturated heterocycles. The molecule has 0 saturated carbocycles. The zero-order chi connectivity index (χ0) is 13.4. The second-order valence-electron chi connectivity index (χ2n) is 3.52. The van der Waals surface area contributed by atoms with Gasteiger partial charge in [0.1, 0.15) is 5.75 Å². The third-order valence-electron chi connectivity index (χ3n) is 2.17. The normalized spacial score (nSPS) is 10.3. The van der Waals surface area contributed by atoms with Gasteiger partial charge in [-0.25, -0.2) is 0 Å². The standard InChI is InChI=1S/C12H16BrNO4/c1-17-6-7-18-5-4-14-12(16)10-3-2-9(13)8-11(10)15/h2-3,8,15H,4-7H2,1H3,(H,14,16). The van der Waals surface area contributed by atoms with Gasteiger partial charge in [0.25, 0.3) is 5.91 Å². The number of amides is 1. The van der Waals surface area contributed by atoms with E-state index in [4.69, 9.17) is 9.47 Å². The van der Waals surface area contributed by atoms with Crippen molar-refractivity contribution in [3.8, 4) is 5.75 Å². The van der Waals surface area contributed by atoms with E-state index in [1.54, 1.807) is 19.2 Å². The van der Waals surface area contributed by atoms with Crippen LogP contribution in [0.3, 0.4) is 0 Å². The molecule has 0 heterocycles. The average molecular weight is 318 g/mol. The molecule has 0 atom stereocenters. The number of methoxy groups -OCH3 is 1. The molecular weight excluding hydrogens is 302 g/mol. The highest BCUT2D eigenvalue weighted by Crippen LogP contribution is 2.21. The first-order valence-corrected chi connectivity index (χ1v) is 6.28. The highest BCUT2D eigenvalue weighted by molar-refractivity contribution is 9.10. The number of ether oxygens (including phenoxy) is 2. The number of rotatable bonds is 7.